The molecule has 0 fully saturated rings. The van der Waals surface area contributed by atoms with Gasteiger partial charge in [-0.25, -0.2) is 0 Å². The van der Waals surface area contributed by atoms with E-state index in [4.69, 9.17) is 11.1 Å². The summed E-state index contributed by atoms with van der Waals surface area (Å²) in [5, 5.41) is 28.6. The van der Waals surface area contributed by atoms with E-state index < -0.39 is 24.3 Å². The van der Waals surface area contributed by atoms with E-state index in [1.54, 1.807) is 0 Å². The first-order valence-electron chi connectivity index (χ1n) is 10.2. The Bertz CT molecular complexity index is 764. The molecule has 0 saturated carbocycles. The summed E-state index contributed by atoms with van der Waals surface area (Å²) >= 11 is 0. The van der Waals surface area contributed by atoms with E-state index in [9.17, 15) is 10.2 Å². The molecule has 4 atom stereocenters. The van der Waals surface area contributed by atoms with Crippen LogP contribution < -0.4 is 0 Å². The maximum Gasteiger partial charge on any atom is 0.0887 e. The molecule has 8 heteroatoms. The molecule has 8 nitrogen and oxygen atoms in total. The van der Waals surface area contributed by atoms with E-state index in [1.165, 1.54) is 0 Å². The van der Waals surface area contributed by atoms with Crippen molar-refractivity contribution in [2.75, 3.05) is 0 Å². The smallest absolute Gasteiger partial charge is 0.0887 e. The van der Waals surface area contributed by atoms with Gasteiger partial charge in [-0.3, -0.25) is 0 Å². The fraction of sp³-hybridized carbons (Fsp3) is 0.455. The molecule has 0 aromatic heterocycles. The predicted octanol–water partition coefficient (Wildman–Crippen LogP) is 5.11. The SMILES string of the molecule is [N-]=[N+]=N[C@H](CCCc1ccccc1)[C@H](O)[C@@H](O)[C@@H](CCCc1ccccc1)N=[N+]=[N-]. The van der Waals surface area contributed by atoms with Crippen LogP contribution in [0.2, 0.25) is 0 Å². The molecule has 2 aromatic rings. The number of aliphatic hydroxyl groups excluding tert-OH is 2. The van der Waals surface area contributed by atoms with Crippen LogP contribution in [0.4, 0.5) is 0 Å². The standard InChI is InChI=1S/C22H28N6O2/c23-27-25-19(15-7-13-17-9-3-1-4-10-17)21(29)22(30)20(26-28-24)16-8-14-18-11-5-2-6-12-18/h1-6,9-12,19-22,29-30H,7-8,13-16H2/t19-,20-,21+,22+/m1/s1. The van der Waals surface area contributed by atoms with Gasteiger partial charge in [0, 0.05) is 9.82 Å². The maximum atomic E-state index is 10.6. The van der Waals surface area contributed by atoms with E-state index >= 15 is 0 Å². The van der Waals surface area contributed by atoms with Gasteiger partial charge < -0.3 is 10.2 Å². The second-order valence-electron chi connectivity index (χ2n) is 7.28. The summed E-state index contributed by atoms with van der Waals surface area (Å²) in [6.07, 6.45) is 1.17. The fourth-order valence-electron chi connectivity index (χ4n) is 3.50. The Balaban J connectivity index is 1.92. The zero-order valence-electron chi connectivity index (χ0n) is 16.9. The second-order valence-corrected chi connectivity index (χ2v) is 7.28. The lowest BCUT2D eigenvalue weighted by atomic mass is 9.92. The molecule has 0 aliphatic heterocycles. The van der Waals surface area contributed by atoms with Crippen molar-refractivity contribution >= 4 is 0 Å². The summed E-state index contributed by atoms with van der Waals surface area (Å²) in [5.74, 6) is 0. The molecule has 0 unspecified atom stereocenters. The van der Waals surface area contributed by atoms with Gasteiger partial charge in [0.1, 0.15) is 0 Å². The molecule has 158 valence electrons. The van der Waals surface area contributed by atoms with Gasteiger partial charge in [0.2, 0.25) is 0 Å². The van der Waals surface area contributed by atoms with Crippen LogP contribution in [-0.2, 0) is 12.8 Å². The maximum absolute atomic E-state index is 10.6. The van der Waals surface area contributed by atoms with Crippen LogP contribution in [0.3, 0.4) is 0 Å². The number of aliphatic hydroxyl groups is 2. The molecule has 30 heavy (non-hydrogen) atoms. The van der Waals surface area contributed by atoms with Crippen molar-refractivity contribution in [1.29, 1.82) is 0 Å². The second kappa shape index (κ2) is 13.2. The van der Waals surface area contributed by atoms with Crippen molar-refractivity contribution in [3.05, 3.63) is 92.7 Å². The molecule has 0 heterocycles. The van der Waals surface area contributed by atoms with Crippen LogP contribution in [-0.4, -0.2) is 34.5 Å². The van der Waals surface area contributed by atoms with Crippen LogP contribution in [0.15, 0.2) is 70.9 Å². The first kappa shape index (κ1) is 23.3. The van der Waals surface area contributed by atoms with Gasteiger partial charge in [0.25, 0.3) is 0 Å². The number of nitrogens with zero attached hydrogens (tertiary/aromatic N) is 6. The van der Waals surface area contributed by atoms with Gasteiger partial charge in [-0.2, -0.15) is 0 Å². The summed E-state index contributed by atoms with van der Waals surface area (Å²) in [6.45, 7) is 0. The molecular weight excluding hydrogens is 380 g/mol. The highest BCUT2D eigenvalue weighted by Gasteiger charge is 2.31. The van der Waals surface area contributed by atoms with Crippen molar-refractivity contribution in [3.8, 4) is 0 Å². The molecule has 0 amide bonds. The summed E-state index contributed by atoms with van der Waals surface area (Å²) in [7, 11) is 0. The monoisotopic (exact) mass is 408 g/mol. The number of benzene rings is 2. The minimum atomic E-state index is -1.30. The summed E-state index contributed by atoms with van der Waals surface area (Å²) in [6, 6.07) is 18.2. The number of aryl methyl sites for hydroxylation is 2. The molecule has 0 aliphatic carbocycles. The zero-order chi connectivity index (χ0) is 21.6. The molecule has 0 aliphatic rings. The number of azide groups is 2. The minimum Gasteiger partial charge on any atom is -0.390 e. The third kappa shape index (κ3) is 7.78. The lowest BCUT2D eigenvalue weighted by molar-refractivity contribution is -0.0130. The van der Waals surface area contributed by atoms with Gasteiger partial charge >= 0.3 is 0 Å². The zero-order valence-corrected chi connectivity index (χ0v) is 16.9. The number of hydrogen-bond donors (Lipinski definition) is 2. The van der Waals surface area contributed by atoms with Crippen molar-refractivity contribution in [2.45, 2.75) is 62.8 Å². The third-order valence-electron chi connectivity index (χ3n) is 5.15. The van der Waals surface area contributed by atoms with E-state index in [1.807, 2.05) is 60.7 Å². The number of rotatable bonds is 13. The molecule has 2 rings (SSSR count). The minimum absolute atomic E-state index is 0.421. The fourth-order valence-corrected chi connectivity index (χ4v) is 3.50. The third-order valence-corrected chi connectivity index (χ3v) is 5.15. The first-order valence-corrected chi connectivity index (χ1v) is 10.2. The quantitative estimate of drug-likeness (QED) is 0.270. The van der Waals surface area contributed by atoms with Crippen LogP contribution in [0.5, 0.6) is 0 Å². The predicted molar refractivity (Wildman–Crippen MR) is 117 cm³/mol. The summed E-state index contributed by atoms with van der Waals surface area (Å²) < 4.78 is 0. The first-order chi connectivity index (χ1) is 14.7. The van der Waals surface area contributed by atoms with Crippen LogP contribution in [0, 0.1) is 0 Å². The lowest BCUT2D eigenvalue weighted by Crippen LogP contribution is -2.43. The average molecular weight is 409 g/mol. The van der Waals surface area contributed by atoms with E-state index in [2.05, 4.69) is 20.1 Å². The Hall–Kier alpha value is -3.02. The molecule has 0 saturated heterocycles. The highest BCUT2D eigenvalue weighted by Crippen LogP contribution is 2.20. The molecule has 0 bridgehead atoms. The molecule has 2 aromatic carbocycles. The summed E-state index contributed by atoms with van der Waals surface area (Å²) in [4.78, 5) is 5.65. The van der Waals surface area contributed by atoms with Crippen LogP contribution >= 0.6 is 0 Å². The molecule has 0 radical (unpaired) electrons. The Kier molecular flexibility index (Phi) is 10.3. The lowest BCUT2D eigenvalue weighted by Gasteiger charge is -2.27. The molecule has 0 spiro atoms. The average Bonchev–Trinajstić information content (AvgIpc) is 2.78. The van der Waals surface area contributed by atoms with Gasteiger partial charge in [-0.15, -0.1) is 0 Å². The van der Waals surface area contributed by atoms with Gasteiger partial charge in [-0.1, -0.05) is 70.9 Å². The van der Waals surface area contributed by atoms with Crippen molar-refractivity contribution in [1.82, 2.24) is 0 Å². The van der Waals surface area contributed by atoms with Crippen LogP contribution in [0.1, 0.15) is 36.8 Å². The molecular formula is C22H28N6O2. The van der Waals surface area contributed by atoms with Gasteiger partial charge in [-0.05, 0) is 60.7 Å². The Labute approximate surface area is 176 Å². The normalized spacial score (nSPS) is 14.6. The van der Waals surface area contributed by atoms with Gasteiger partial charge in [0.15, 0.2) is 0 Å². The van der Waals surface area contributed by atoms with Crippen molar-refractivity contribution in [2.24, 2.45) is 10.2 Å². The Morgan fingerprint density at radius 1 is 0.667 bits per heavy atom. The summed E-state index contributed by atoms with van der Waals surface area (Å²) in [5.41, 5.74) is 20.1. The van der Waals surface area contributed by atoms with Gasteiger partial charge in [0.05, 0.1) is 24.3 Å². The molecule has 2 N–H and O–H groups in total. The van der Waals surface area contributed by atoms with Crippen molar-refractivity contribution in [3.63, 3.8) is 0 Å². The van der Waals surface area contributed by atoms with E-state index in [0.29, 0.717) is 25.7 Å². The van der Waals surface area contributed by atoms with E-state index in [-0.39, 0.29) is 0 Å². The van der Waals surface area contributed by atoms with Crippen LogP contribution in [0.25, 0.3) is 20.9 Å². The Morgan fingerprint density at radius 3 is 1.37 bits per heavy atom. The van der Waals surface area contributed by atoms with E-state index in [0.717, 1.165) is 24.0 Å². The topological polar surface area (TPSA) is 138 Å². The Morgan fingerprint density at radius 2 is 1.03 bits per heavy atom. The number of hydrogen-bond acceptors (Lipinski definition) is 4. The highest BCUT2D eigenvalue weighted by molar-refractivity contribution is 5.15. The van der Waals surface area contributed by atoms with Crippen molar-refractivity contribution < 1.29 is 10.2 Å². The largest absolute Gasteiger partial charge is 0.390 e. The highest BCUT2D eigenvalue weighted by atomic mass is 16.3.